The van der Waals surface area contributed by atoms with Crippen LogP contribution >= 0.6 is 0 Å². The van der Waals surface area contributed by atoms with Crippen molar-refractivity contribution >= 4 is 16.9 Å². The Morgan fingerprint density at radius 3 is 2.95 bits per heavy atom. The molecule has 22 heavy (non-hydrogen) atoms. The summed E-state index contributed by atoms with van der Waals surface area (Å²) in [6.07, 6.45) is 5.11. The van der Waals surface area contributed by atoms with E-state index in [2.05, 4.69) is 34.7 Å². The van der Waals surface area contributed by atoms with Gasteiger partial charge in [0.1, 0.15) is 0 Å². The van der Waals surface area contributed by atoms with Crippen molar-refractivity contribution < 1.29 is 4.79 Å². The molecule has 1 aliphatic rings. The van der Waals surface area contributed by atoms with Gasteiger partial charge in [-0.2, -0.15) is 0 Å². The van der Waals surface area contributed by atoms with Crippen LogP contribution in [0.2, 0.25) is 0 Å². The Hall–Kier alpha value is -1.97. The van der Waals surface area contributed by atoms with Gasteiger partial charge in [-0.3, -0.25) is 0 Å². The molecule has 2 aromatic rings. The van der Waals surface area contributed by atoms with Gasteiger partial charge in [-0.05, 0) is 42.2 Å². The van der Waals surface area contributed by atoms with Gasteiger partial charge in [-0.25, -0.2) is 4.79 Å². The van der Waals surface area contributed by atoms with E-state index in [9.17, 15) is 4.79 Å². The third-order valence-corrected chi connectivity index (χ3v) is 4.62. The number of H-pyrrole nitrogens is 1. The molecule has 1 aromatic heterocycles. The van der Waals surface area contributed by atoms with E-state index in [-0.39, 0.29) is 6.03 Å². The lowest BCUT2D eigenvalue weighted by atomic mass is 9.82. The largest absolute Gasteiger partial charge is 0.357 e. The minimum absolute atomic E-state index is 0.0723. The van der Waals surface area contributed by atoms with E-state index in [1.165, 1.54) is 31.1 Å². The summed E-state index contributed by atoms with van der Waals surface area (Å²) in [7, 11) is 0. The van der Waals surface area contributed by atoms with Crippen LogP contribution < -0.4 is 10.6 Å². The van der Waals surface area contributed by atoms with Crippen molar-refractivity contribution in [1.82, 2.24) is 15.6 Å². The highest BCUT2D eigenvalue weighted by molar-refractivity contribution is 5.80. The molecule has 0 spiro atoms. The SMILES string of the molecule is CC1CCCC(CNC(=O)NCc2cc3ccccc3[nH]2)C1. The molecule has 1 aromatic carbocycles. The summed E-state index contributed by atoms with van der Waals surface area (Å²) in [5.74, 6) is 1.44. The van der Waals surface area contributed by atoms with E-state index in [1.807, 2.05) is 18.2 Å². The summed E-state index contributed by atoms with van der Waals surface area (Å²) in [5, 5.41) is 7.12. The molecule has 0 bridgehead atoms. The van der Waals surface area contributed by atoms with Gasteiger partial charge in [0.15, 0.2) is 0 Å². The van der Waals surface area contributed by atoms with Crippen molar-refractivity contribution in [2.75, 3.05) is 6.54 Å². The number of aromatic amines is 1. The zero-order valence-electron chi connectivity index (χ0n) is 13.2. The van der Waals surface area contributed by atoms with Crippen LogP contribution in [0.15, 0.2) is 30.3 Å². The van der Waals surface area contributed by atoms with Crippen LogP contribution in [0.4, 0.5) is 4.79 Å². The average Bonchev–Trinajstić information content (AvgIpc) is 2.94. The molecule has 0 saturated heterocycles. The summed E-state index contributed by atoms with van der Waals surface area (Å²) >= 11 is 0. The van der Waals surface area contributed by atoms with Gasteiger partial charge in [0.05, 0.1) is 6.54 Å². The standard InChI is InChI=1S/C18H25N3O/c1-13-5-4-6-14(9-13)11-19-18(22)20-12-16-10-15-7-2-3-8-17(15)21-16/h2-3,7-8,10,13-14,21H,4-6,9,11-12H2,1H3,(H2,19,20,22). The number of para-hydroxylation sites is 1. The van der Waals surface area contributed by atoms with Crippen molar-refractivity contribution in [1.29, 1.82) is 0 Å². The van der Waals surface area contributed by atoms with Gasteiger partial charge >= 0.3 is 6.03 Å². The Labute approximate surface area is 131 Å². The van der Waals surface area contributed by atoms with Gasteiger partial charge < -0.3 is 15.6 Å². The highest BCUT2D eigenvalue weighted by Gasteiger charge is 2.19. The van der Waals surface area contributed by atoms with Crippen LogP contribution in [0.25, 0.3) is 10.9 Å². The second-order valence-electron chi connectivity index (χ2n) is 6.58. The predicted molar refractivity (Wildman–Crippen MR) is 89.7 cm³/mol. The molecular weight excluding hydrogens is 274 g/mol. The monoisotopic (exact) mass is 299 g/mol. The number of urea groups is 1. The molecule has 2 atom stereocenters. The van der Waals surface area contributed by atoms with E-state index in [0.29, 0.717) is 12.5 Å². The van der Waals surface area contributed by atoms with Gasteiger partial charge in [-0.1, -0.05) is 38.0 Å². The lowest BCUT2D eigenvalue weighted by molar-refractivity contribution is 0.230. The fourth-order valence-corrected chi connectivity index (χ4v) is 3.45. The van der Waals surface area contributed by atoms with Crippen LogP contribution in [0, 0.1) is 11.8 Å². The van der Waals surface area contributed by atoms with E-state index in [1.54, 1.807) is 0 Å². The molecule has 2 unspecified atom stereocenters. The maximum atomic E-state index is 11.9. The second kappa shape index (κ2) is 6.86. The van der Waals surface area contributed by atoms with E-state index in [0.717, 1.165) is 23.7 Å². The Bertz CT molecular complexity index is 601. The number of carbonyl (C=O) groups is 1. The summed E-state index contributed by atoms with van der Waals surface area (Å²) in [6, 6.07) is 10.2. The summed E-state index contributed by atoms with van der Waals surface area (Å²) in [5.41, 5.74) is 2.14. The van der Waals surface area contributed by atoms with Crippen molar-refractivity contribution in [3.05, 3.63) is 36.0 Å². The topological polar surface area (TPSA) is 56.9 Å². The van der Waals surface area contributed by atoms with Crippen LogP contribution in [-0.4, -0.2) is 17.6 Å². The normalized spacial score (nSPS) is 21.7. The maximum Gasteiger partial charge on any atom is 0.315 e. The first-order valence-electron chi connectivity index (χ1n) is 8.29. The van der Waals surface area contributed by atoms with Crippen LogP contribution in [0.3, 0.4) is 0 Å². The van der Waals surface area contributed by atoms with Crippen LogP contribution in [0.5, 0.6) is 0 Å². The van der Waals surface area contributed by atoms with Gasteiger partial charge in [0.25, 0.3) is 0 Å². The van der Waals surface area contributed by atoms with Crippen molar-refractivity contribution in [3.8, 4) is 0 Å². The quantitative estimate of drug-likeness (QED) is 0.790. The number of benzene rings is 1. The highest BCUT2D eigenvalue weighted by atomic mass is 16.2. The molecule has 3 rings (SSSR count). The maximum absolute atomic E-state index is 11.9. The first-order chi connectivity index (χ1) is 10.7. The van der Waals surface area contributed by atoms with Crippen molar-refractivity contribution in [3.63, 3.8) is 0 Å². The summed E-state index contributed by atoms with van der Waals surface area (Å²) in [6.45, 7) is 3.63. The summed E-state index contributed by atoms with van der Waals surface area (Å²) in [4.78, 5) is 15.2. The lowest BCUT2D eigenvalue weighted by Gasteiger charge is -2.26. The Morgan fingerprint density at radius 2 is 2.14 bits per heavy atom. The molecule has 118 valence electrons. The smallest absolute Gasteiger partial charge is 0.315 e. The molecule has 2 amide bonds. The minimum Gasteiger partial charge on any atom is -0.357 e. The lowest BCUT2D eigenvalue weighted by Crippen LogP contribution is -2.38. The predicted octanol–water partition coefficient (Wildman–Crippen LogP) is 3.79. The van der Waals surface area contributed by atoms with E-state index >= 15 is 0 Å². The number of hydrogen-bond acceptors (Lipinski definition) is 1. The number of amides is 2. The molecule has 1 saturated carbocycles. The zero-order chi connectivity index (χ0) is 15.4. The molecule has 1 fully saturated rings. The van der Waals surface area contributed by atoms with Gasteiger partial charge in [-0.15, -0.1) is 0 Å². The average molecular weight is 299 g/mol. The number of aromatic nitrogens is 1. The third kappa shape index (κ3) is 3.81. The number of carbonyl (C=O) groups excluding carboxylic acids is 1. The number of fused-ring (bicyclic) bond motifs is 1. The molecule has 4 nitrogen and oxygen atoms in total. The molecular formula is C18H25N3O. The number of nitrogens with one attached hydrogen (secondary N) is 3. The molecule has 1 heterocycles. The zero-order valence-corrected chi connectivity index (χ0v) is 13.2. The summed E-state index contributed by atoms with van der Waals surface area (Å²) < 4.78 is 0. The molecule has 0 radical (unpaired) electrons. The van der Waals surface area contributed by atoms with Gasteiger partial charge in [0, 0.05) is 17.8 Å². The third-order valence-electron chi connectivity index (χ3n) is 4.62. The Balaban J connectivity index is 1.44. The minimum atomic E-state index is -0.0723. The number of hydrogen-bond donors (Lipinski definition) is 3. The molecule has 4 heteroatoms. The van der Waals surface area contributed by atoms with E-state index in [4.69, 9.17) is 0 Å². The fourth-order valence-electron chi connectivity index (χ4n) is 3.45. The van der Waals surface area contributed by atoms with Crippen LogP contribution in [-0.2, 0) is 6.54 Å². The van der Waals surface area contributed by atoms with Crippen molar-refractivity contribution in [2.45, 2.75) is 39.2 Å². The van der Waals surface area contributed by atoms with Crippen LogP contribution in [0.1, 0.15) is 38.3 Å². The molecule has 1 aliphatic carbocycles. The van der Waals surface area contributed by atoms with Crippen molar-refractivity contribution in [2.24, 2.45) is 11.8 Å². The molecule has 0 aliphatic heterocycles. The Morgan fingerprint density at radius 1 is 1.27 bits per heavy atom. The Kier molecular flexibility index (Phi) is 4.66. The first-order valence-corrected chi connectivity index (χ1v) is 8.29. The molecule has 3 N–H and O–H groups in total. The first kappa shape index (κ1) is 14.9. The second-order valence-corrected chi connectivity index (χ2v) is 6.58. The fraction of sp³-hybridized carbons (Fsp3) is 0.500. The van der Waals surface area contributed by atoms with Gasteiger partial charge in [0.2, 0.25) is 0 Å². The number of rotatable bonds is 4. The highest BCUT2D eigenvalue weighted by Crippen LogP contribution is 2.27. The van der Waals surface area contributed by atoms with E-state index < -0.39 is 0 Å².